The van der Waals surface area contributed by atoms with Crippen molar-refractivity contribution in [1.82, 2.24) is 9.88 Å². The van der Waals surface area contributed by atoms with Crippen molar-refractivity contribution in [2.45, 2.75) is 0 Å². The fourth-order valence-corrected chi connectivity index (χ4v) is 2.64. The second-order valence-corrected chi connectivity index (χ2v) is 5.68. The summed E-state index contributed by atoms with van der Waals surface area (Å²) in [6.45, 7) is 1.82. The molecule has 0 saturated heterocycles. The van der Waals surface area contributed by atoms with Crippen molar-refractivity contribution in [2.75, 3.05) is 39.1 Å². The van der Waals surface area contributed by atoms with E-state index in [0.717, 1.165) is 22.9 Å². The minimum Gasteiger partial charge on any atom is -0.366 e. The highest BCUT2D eigenvalue weighted by molar-refractivity contribution is 7.22. The van der Waals surface area contributed by atoms with E-state index in [1.165, 1.54) is 0 Å². The third kappa shape index (κ3) is 3.02. The Labute approximate surface area is 116 Å². The summed E-state index contributed by atoms with van der Waals surface area (Å²) in [5, 5.41) is 0.888. The zero-order valence-corrected chi connectivity index (χ0v) is 12.1. The molecule has 101 valence electrons. The van der Waals surface area contributed by atoms with Gasteiger partial charge in [-0.05, 0) is 32.3 Å². The number of anilines is 1. The van der Waals surface area contributed by atoms with Crippen LogP contribution < -0.4 is 10.6 Å². The molecule has 0 fully saturated rings. The smallest absolute Gasteiger partial charge is 0.250 e. The first-order valence-corrected chi connectivity index (χ1v) is 6.77. The molecule has 0 bridgehead atoms. The lowest BCUT2D eigenvalue weighted by Gasteiger charge is -2.18. The first kappa shape index (κ1) is 13.8. The van der Waals surface area contributed by atoms with Crippen LogP contribution >= 0.6 is 11.3 Å². The Balaban J connectivity index is 2.31. The van der Waals surface area contributed by atoms with Gasteiger partial charge in [-0.25, -0.2) is 4.98 Å². The molecule has 6 heteroatoms. The summed E-state index contributed by atoms with van der Waals surface area (Å²) < 4.78 is 0.933. The van der Waals surface area contributed by atoms with Gasteiger partial charge in [-0.1, -0.05) is 11.3 Å². The summed E-state index contributed by atoms with van der Waals surface area (Å²) in [5.74, 6) is -0.463. The zero-order valence-electron chi connectivity index (χ0n) is 11.3. The molecule has 0 unspecified atom stereocenters. The topological polar surface area (TPSA) is 62.5 Å². The second-order valence-electron chi connectivity index (χ2n) is 4.67. The first-order valence-electron chi connectivity index (χ1n) is 5.95. The Hall–Kier alpha value is -1.66. The average molecular weight is 277 g/mol. The Morgan fingerprint density at radius 2 is 2.11 bits per heavy atom. The highest BCUT2D eigenvalue weighted by Crippen LogP contribution is 2.29. The van der Waals surface area contributed by atoms with Crippen LogP contribution in [-0.2, 0) is 0 Å². The number of likely N-dealkylation sites (N-methyl/N-ethyl adjacent to an activating group) is 2. The molecular formula is C13H17N4OS. The fourth-order valence-electron chi connectivity index (χ4n) is 1.68. The zero-order chi connectivity index (χ0) is 14.0. The van der Waals surface area contributed by atoms with Crippen molar-refractivity contribution in [3.63, 3.8) is 0 Å². The van der Waals surface area contributed by atoms with Gasteiger partial charge in [0.05, 0.1) is 15.8 Å². The van der Waals surface area contributed by atoms with Crippen molar-refractivity contribution in [1.29, 1.82) is 0 Å². The highest BCUT2D eigenvalue weighted by Gasteiger charge is 2.13. The molecule has 1 radical (unpaired) electrons. The maximum absolute atomic E-state index is 11.4. The lowest BCUT2D eigenvalue weighted by Crippen LogP contribution is -2.28. The highest BCUT2D eigenvalue weighted by atomic mass is 32.1. The molecule has 2 aromatic rings. The van der Waals surface area contributed by atoms with E-state index >= 15 is 0 Å². The van der Waals surface area contributed by atoms with Gasteiger partial charge in [0.25, 0.3) is 5.91 Å². The van der Waals surface area contributed by atoms with E-state index in [4.69, 9.17) is 5.73 Å². The molecule has 1 heterocycles. The molecule has 1 aromatic carbocycles. The van der Waals surface area contributed by atoms with Crippen LogP contribution in [0.1, 0.15) is 10.4 Å². The predicted molar refractivity (Wildman–Crippen MR) is 78.8 cm³/mol. The standard InChI is InChI=1S/C13H17N4OS/c1-16(2)7-8-17(3)13-15-11-9(12(14)18)5-4-6-10(11)19-13/h5-6H,7-8H2,1-3H3,(H2,14,18). The number of benzene rings is 1. The van der Waals surface area contributed by atoms with E-state index < -0.39 is 5.91 Å². The van der Waals surface area contributed by atoms with Crippen molar-refractivity contribution >= 4 is 32.6 Å². The molecule has 0 spiro atoms. The molecule has 2 N–H and O–H groups in total. The SMILES string of the molecule is CN(C)CCN(C)c1nc2c(C(N)=O)c[c]cc2s1. The third-order valence-electron chi connectivity index (χ3n) is 2.81. The largest absolute Gasteiger partial charge is 0.366 e. The van der Waals surface area contributed by atoms with Gasteiger partial charge in [-0.3, -0.25) is 4.79 Å². The van der Waals surface area contributed by atoms with E-state index in [-0.39, 0.29) is 0 Å². The van der Waals surface area contributed by atoms with Gasteiger partial charge in [-0.15, -0.1) is 0 Å². The van der Waals surface area contributed by atoms with Crippen molar-refractivity contribution in [2.24, 2.45) is 5.73 Å². The van der Waals surface area contributed by atoms with Gasteiger partial charge in [0.1, 0.15) is 0 Å². The number of fused-ring (bicyclic) bond motifs is 1. The molecule has 2 rings (SSSR count). The average Bonchev–Trinajstić information content (AvgIpc) is 2.78. The van der Waals surface area contributed by atoms with Gasteiger partial charge >= 0.3 is 0 Å². The number of aromatic nitrogens is 1. The lowest BCUT2D eigenvalue weighted by molar-refractivity contribution is 0.100. The first-order chi connectivity index (χ1) is 8.99. The molecule has 0 aliphatic carbocycles. The maximum Gasteiger partial charge on any atom is 0.250 e. The van der Waals surface area contributed by atoms with Crippen LogP contribution in [-0.4, -0.2) is 50.0 Å². The summed E-state index contributed by atoms with van der Waals surface area (Å²) in [5.41, 5.74) is 6.45. The Morgan fingerprint density at radius 3 is 2.74 bits per heavy atom. The van der Waals surface area contributed by atoms with Gasteiger partial charge in [0.15, 0.2) is 5.13 Å². The molecule has 1 aromatic heterocycles. The molecule has 0 saturated carbocycles. The van der Waals surface area contributed by atoms with E-state index in [1.807, 2.05) is 27.2 Å². The molecule has 1 amide bonds. The lowest BCUT2D eigenvalue weighted by atomic mass is 10.2. The summed E-state index contributed by atoms with van der Waals surface area (Å²) in [6, 6.07) is 6.36. The number of rotatable bonds is 5. The van der Waals surface area contributed by atoms with Crippen molar-refractivity contribution in [3.05, 3.63) is 23.8 Å². The van der Waals surface area contributed by atoms with Gasteiger partial charge in [0.2, 0.25) is 0 Å². The molecule has 0 aliphatic heterocycles. The maximum atomic E-state index is 11.4. The Kier molecular flexibility index (Phi) is 4.01. The van der Waals surface area contributed by atoms with Crippen LogP contribution in [0.2, 0.25) is 0 Å². The quantitative estimate of drug-likeness (QED) is 0.892. The molecule has 0 atom stereocenters. The number of hydrogen-bond donors (Lipinski definition) is 1. The molecular weight excluding hydrogens is 260 g/mol. The van der Waals surface area contributed by atoms with Crippen LogP contribution in [0.4, 0.5) is 5.13 Å². The molecule has 5 nitrogen and oxygen atoms in total. The van der Waals surface area contributed by atoms with Crippen LogP contribution in [0, 0.1) is 6.07 Å². The Bertz CT molecular complexity index is 593. The van der Waals surface area contributed by atoms with E-state index in [2.05, 4.69) is 20.9 Å². The summed E-state index contributed by atoms with van der Waals surface area (Å²) in [4.78, 5) is 20.1. The van der Waals surface area contributed by atoms with Crippen LogP contribution in [0.25, 0.3) is 10.2 Å². The number of thiazole rings is 1. The minimum absolute atomic E-state index is 0.431. The fraction of sp³-hybridized carbons (Fsp3) is 0.385. The second kappa shape index (κ2) is 5.54. The van der Waals surface area contributed by atoms with Gasteiger partial charge in [0, 0.05) is 20.1 Å². The number of amides is 1. The number of carbonyl (C=O) groups excluding carboxylic acids is 1. The molecule has 19 heavy (non-hydrogen) atoms. The number of carbonyl (C=O) groups is 1. The van der Waals surface area contributed by atoms with E-state index in [1.54, 1.807) is 17.4 Å². The Morgan fingerprint density at radius 1 is 1.37 bits per heavy atom. The van der Waals surface area contributed by atoms with Crippen molar-refractivity contribution in [3.8, 4) is 0 Å². The number of hydrogen-bond acceptors (Lipinski definition) is 5. The van der Waals surface area contributed by atoms with Crippen LogP contribution in [0.5, 0.6) is 0 Å². The van der Waals surface area contributed by atoms with E-state index in [0.29, 0.717) is 11.1 Å². The number of primary amides is 1. The number of nitrogens with zero attached hydrogens (tertiary/aromatic N) is 3. The van der Waals surface area contributed by atoms with Crippen LogP contribution in [0.15, 0.2) is 12.1 Å². The van der Waals surface area contributed by atoms with Crippen LogP contribution in [0.3, 0.4) is 0 Å². The van der Waals surface area contributed by atoms with Gasteiger partial charge in [-0.2, -0.15) is 0 Å². The summed E-state index contributed by atoms with van der Waals surface area (Å²) in [7, 11) is 6.06. The normalized spacial score (nSPS) is 11.2. The molecule has 0 aliphatic rings. The van der Waals surface area contributed by atoms with Crippen molar-refractivity contribution < 1.29 is 4.79 Å². The minimum atomic E-state index is -0.463. The monoisotopic (exact) mass is 277 g/mol. The van der Waals surface area contributed by atoms with E-state index in [9.17, 15) is 4.79 Å². The van der Waals surface area contributed by atoms with Gasteiger partial charge < -0.3 is 15.5 Å². The summed E-state index contributed by atoms with van der Waals surface area (Å²) in [6.07, 6.45) is 0. The third-order valence-corrected chi connectivity index (χ3v) is 3.93. The predicted octanol–water partition coefficient (Wildman–Crippen LogP) is 1.19. The number of nitrogens with two attached hydrogens (primary N) is 1. The summed E-state index contributed by atoms with van der Waals surface area (Å²) >= 11 is 1.55.